The van der Waals surface area contributed by atoms with Crippen LogP contribution in [0.2, 0.25) is 0 Å². The van der Waals surface area contributed by atoms with E-state index in [1.54, 1.807) is 24.0 Å². The lowest BCUT2D eigenvalue weighted by Crippen LogP contribution is -2.47. The Bertz CT molecular complexity index is 976. The van der Waals surface area contributed by atoms with Gasteiger partial charge in [0, 0.05) is 45.6 Å². The van der Waals surface area contributed by atoms with Gasteiger partial charge in [-0.2, -0.15) is 0 Å². The third-order valence-corrected chi connectivity index (χ3v) is 5.15. The number of aryl methyl sites for hydroxylation is 2. The second-order valence-electron chi connectivity index (χ2n) is 6.91. The molecule has 2 aromatic heterocycles. The van der Waals surface area contributed by atoms with Crippen LogP contribution in [0.3, 0.4) is 0 Å². The minimum Gasteiger partial charge on any atom is -0.350 e. The van der Waals surface area contributed by atoms with E-state index in [-0.39, 0.29) is 5.56 Å². The molecule has 1 saturated heterocycles. The third kappa shape index (κ3) is 3.10. The number of nitrogens with zero attached hydrogens (tertiary/aromatic N) is 5. The summed E-state index contributed by atoms with van der Waals surface area (Å²) in [4.78, 5) is 23.4. The van der Waals surface area contributed by atoms with Crippen molar-refractivity contribution in [3.8, 4) is 0 Å². The van der Waals surface area contributed by atoms with E-state index in [4.69, 9.17) is 4.98 Å². The Morgan fingerprint density at radius 1 is 1.27 bits per heavy atom. The van der Waals surface area contributed by atoms with Crippen molar-refractivity contribution < 1.29 is 0 Å². The Morgan fingerprint density at radius 3 is 2.96 bits per heavy atom. The molecule has 0 aliphatic carbocycles. The van der Waals surface area contributed by atoms with E-state index in [0.717, 1.165) is 42.8 Å². The summed E-state index contributed by atoms with van der Waals surface area (Å²) in [6.45, 7) is 2.37. The summed E-state index contributed by atoms with van der Waals surface area (Å²) in [5.74, 6) is 1.57. The standard InChI is InChI=1S/C19H24N6O/c1-23-11-9-20-18(19(23)26)25-10-5-6-14(13-25)21-12-17-22-15-7-3-4-8-16(15)24(17)2/h3-4,7-9,11,14,21H,5-6,10,12-13H2,1-2H3/t14-/m1/s1. The second kappa shape index (κ2) is 6.92. The first-order valence-electron chi connectivity index (χ1n) is 9.04. The number of piperidine rings is 1. The number of hydrogen-bond donors (Lipinski definition) is 1. The Balaban J connectivity index is 1.46. The molecule has 7 nitrogen and oxygen atoms in total. The van der Waals surface area contributed by atoms with Crippen LogP contribution in [0, 0.1) is 0 Å². The van der Waals surface area contributed by atoms with Crippen LogP contribution < -0.4 is 15.8 Å². The molecular formula is C19H24N6O. The van der Waals surface area contributed by atoms with E-state index in [1.807, 2.05) is 18.2 Å². The zero-order valence-corrected chi connectivity index (χ0v) is 15.2. The van der Waals surface area contributed by atoms with Crippen LogP contribution in [0.4, 0.5) is 5.82 Å². The minimum absolute atomic E-state index is 0.0384. The number of aromatic nitrogens is 4. The number of anilines is 1. The highest BCUT2D eigenvalue weighted by atomic mass is 16.1. The van der Waals surface area contributed by atoms with E-state index in [0.29, 0.717) is 18.4 Å². The molecule has 7 heteroatoms. The molecule has 1 aliphatic rings. The Hall–Kier alpha value is -2.67. The van der Waals surface area contributed by atoms with Crippen LogP contribution in [0.15, 0.2) is 41.5 Å². The molecule has 0 unspecified atom stereocenters. The van der Waals surface area contributed by atoms with Gasteiger partial charge < -0.3 is 19.4 Å². The molecule has 0 saturated carbocycles. The van der Waals surface area contributed by atoms with Gasteiger partial charge in [-0.05, 0) is 25.0 Å². The molecule has 0 bridgehead atoms. The number of para-hydroxylation sites is 2. The molecule has 26 heavy (non-hydrogen) atoms. The molecule has 1 fully saturated rings. The van der Waals surface area contributed by atoms with Gasteiger partial charge in [-0.25, -0.2) is 9.97 Å². The molecule has 0 radical (unpaired) electrons. The highest BCUT2D eigenvalue weighted by Gasteiger charge is 2.23. The number of nitrogens with one attached hydrogen (secondary N) is 1. The zero-order chi connectivity index (χ0) is 18.1. The summed E-state index contributed by atoms with van der Waals surface area (Å²) in [6.07, 6.45) is 5.51. The SMILES string of the molecule is Cn1ccnc(N2CCC[C@@H](NCc3nc4ccccc4n3C)C2)c1=O. The number of imidazole rings is 1. The maximum atomic E-state index is 12.3. The highest BCUT2D eigenvalue weighted by Crippen LogP contribution is 2.17. The predicted octanol–water partition coefficient (Wildman–Crippen LogP) is 1.43. The molecule has 1 aliphatic heterocycles. The summed E-state index contributed by atoms with van der Waals surface area (Å²) in [6, 6.07) is 8.49. The topological polar surface area (TPSA) is 68.0 Å². The summed E-state index contributed by atoms with van der Waals surface area (Å²) in [5.41, 5.74) is 2.13. The van der Waals surface area contributed by atoms with Crippen molar-refractivity contribution in [1.29, 1.82) is 0 Å². The number of hydrogen-bond acceptors (Lipinski definition) is 5. The van der Waals surface area contributed by atoms with Gasteiger partial charge in [0.05, 0.1) is 17.6 Å². The van der Waals surface area contributed by atoms with Crippen molar-refractivity contribution in [1.82, 2.24) is 24.4 Å². The van der Waals surface area contributed by atoms with Gasteiger partial charge in [0.15, 0.2) is 5.82 Å². The summed E-state index contributed by atoms with van der Waals surface area (Å²) in [5, 5.41) is 3.61. The molecule has 1 aromatic carbocycles. The lowest BCUT2D eigenvalue weighted by atomic mass is 10.1. The van der Waals surface area contributed by atoms with E-state index < -0.39 is 0 Å². The average molecular weight is 352 g/mol. The zero-order valence-electron chi connectivity index (χ0n) is 15.2. The minimum atomic E-state index is -0.0384. The number of rotatable bonds is 4. The Labute approximate surface area is 152 Å². The maximum absolute atomic E-state index is 12.3. The average Bonchev–Trinajstić information content (AvgIpc) is 2.99. The van der Waals surface area contributed by atoms with Crippen LogP contribution >= 0.6 is 0 Å². The normalized spacial score (nSPS) is 17.8. The smallest absolute Gasteiger partial charge is 0.293 e. The molecule has 0 spiro atoms. The summed E-state index contributed by atoms with van der Waals surface area (Å²) < 4.78 is 3.72. The molecule has 4 rings (SSSR count). The highest BCUT2D eigenvalue weighted by molar-refractivity contribution is 5.75. The van der Waals surface area contributed by atoms with Crippen molar-refractivity contribution in [2.75, 3.05) is 18.0 Å². The molecule has 3 heterocycles. The van der Waals surface area contributed by atoms with Crippen LogP contribution in [-0.4, -0.2) is 38.2 Å². The number of fused-ring (bicyclic) bond motifs is 1. The lowest BCUT2D eigenvalue weighted by Gasteiger charge is -2.33. The first-order valence-corrected chi connectivity index (χ1v) is 9.04. The third-order valence-electron chi connectivity index (χ3n) is 5.15. The molecule has 136 valence electrons. The fourth-order valence-electron chi connectivity index (χ4n) is 3.63. The van der Waals surface area contributed by atoms with Gasteiger partial charge in [0.1, 0.15) is 5.82 Å². The lowest BCUT2D eigenvalue weighted by molar-refractivity contribution is 0.413. The summed E-state index contributed by atoms with van der Waals surface area (Å²) in [7, 11) is 3.82. The largest absolute Gasteiger partial charge is 0.350 e. The van der Waals surface area contributed by atoms with Gasteiger partial charge in [0.2, 0.25) is 0 Å². The fourth-order valence-corrected chi connectivity index (χ4v) is 3.63. The van der Waals surface area contributed by atoms with Gasteiger partial charge in [0.25, 0.3) is 5.56 Å². The van der Waals surface area contributed by atoms with E-state index in [9.17, 15) is 4.79 Å². The first kappa shape index (κ1) is 16.8. The van der Waals surface area contributed by atoms with Crippen molar-refractivity contribution in [3.63, 3.8) is 0 Å². The Kier molecular flexibility index (Phi) is 4.46. The van der Waals surface area contributed by atoms with Crippen LogP contribution in [0.25, 0.3) is 11.0 Å². The molecular weight excluding hydrogens is 328 g/mol. The van der Waals surface area contributed by atoms with Crippen molar-refractivity contribution in [2.45, 2.75) is 25.4 Å². The summed E-state index contributed by atoms with van der Waals surface area (Å²) >= 11 is 0. The monoisotopic (exact) mass is 352 g/mol. The van der Waals surface area contributed by atoms with Gasteiger partial charge in [-0.3, -0.25) is 4.79 Å². The Morgan fingerprint density at radius 2 is 2.12 bits per heavy atom. The maximum Gasteiger partial charge on any atom is 0.293 e. The molecule has 1 N–H and O–H groups in total. The fraction of sp³-hybridized carbons (Fsp3) is 0.421. The van der Waals surface area contributed by atoms with E-state index >= 15 is 0 Å². The predicted molar refractivity (Wildman–Crippen MR) is 102 cm³/mol. The quantitative estimate of drug-likeness (QED) is 0.769. The number of benzene rings is 1. The van der Waals surface area contributed by atoms with Crippen LogP contribution in [0.1, 0.15) is 18.7 Å². The van der Waals surface area contributed by atoms with E-state index in [2.05, 4.69) is 32.9 Å². The van der Waals surface area contributed by atoms with Gasteiger partial charge in [-0.1, -0.05) is 12.1 Å². The second-order valence-corrected chi connectivity index (χ2v) is 6.91. The van der Waals surface area contributed by atoms with Crippen molar-refractivity contribution in [3.05, 3.63) is 52.8 Å². The van der Waals surface area contributed by atoms with Gasteiger partial charge in [-0.15, -0.1) is 0 Å². The molecule has 3 aromatic rings. The van der Waals surface area contributed by atoms with Gasteiger partial charge >= 0.3 is 0 Å². The van der Waals surface area contributed by atoms with E-state index in [1.165, 1.54) is 0 Å². The van der Waals surface area contributed by atoms with Crippen LogP contribution in [-0.2, 0) is 20.6 Å². The molecule has 0 amide bonds. The first-order chi connectivity index (χ1) is 12.6. The van der Waals surface area contributed by atoms with Crippen LogP contribution in [0.5, 0.6) is 0 Å². The van der Waals surface area contributed by atoms with Crippen molar-refractivity contribution >= 4 is 16.9 Å². The van der Waals surface area contributed by atoms with Crippen molar-refractivity contribution in [2.24, 2.45) is 14.1 Å². The molecule has 1 atom stereocenters.